The van der Waals surface area contributed by atoms with E-state index in [1.54, 1.807) is 0 Å². The fourth-order valence-corrected chi connectivity index (χ4v) is 4.75. The van der Waals surface area contributed by atoms with Crippen molar-refractivity contribution in [2.24, 2.45) is 0 Å². The lowest BCUT2D eigenvalue weighted by molar-refractivity contribution is 0.0730. The Morgan fingerprint density at radius 1 is 1.03 bits per heavy atom. The number of anilines is 1. The highest BCUT2D eigenvalue weighted by molar-refractivity contribution is 7.89. The average Bonchev–Trinajstić information content (AvgIpc) is 2.75. The number of amides is 1. The molecule has 0 atom stereocenters. The average molecular weight is 475 g/mol. The molecule has 1 aliphatic heterocycles. The van der Waals surface area contributed by atoms with Crippen LogP contribution >= 0.6 is 23.2 Å². The fraction of sp³-hybridized carbons (Fsp3) is 0.316. The molecule has 0 radical (unpaired) electrons. The van der Waals surface area contributed by atoms with Crippen molar-refractivity contribution in [1.29, 1.82) is 0 Å². The van der Waals surface area contributed by atoms with Gasteiger partial charge in [0.15, 0.2) is 11.5 Å². The number of sulfonamides is 1. The first kappa shape index (κ1) is 22.6. The number of carbonyl (C=O) groups excluding carboxylic acids is 1. The quantitative estimate of drug-likeness (QED) is 0.690. The molecule has 1 heterocycles. The van der Waals surface area contributed by atoms with Crippen LogP contribution in [0.4, 0.5) is 5.69 Å². The Balaban J connectivity index is 1.91. The fourth-order valence-electron chi connectivity index (χ4n) is 2.91. The topological polar surface area (TPSA) is 94.2 Å². The zero-order valence-corrected chi connectivity index (χ0v) is 18.6. The number of methoxy groups -OCH3 is 2. The van der Waals surface area contributed by atoms with E-state index >= 15 is 0 Å². The first-order valence-electron chi connectivity index (χ1n) is 8.88. The smallest absolute Gasteiger partial charge is 0.257 e. The molecule has 1 amide bonds. The predicted octanol–water partition coefficient (Wildman–Crippen LogP) is 3.28. The number of nitrogens with one attached hydrogen (secondary N) is 1. The van der Waals surface area contributed by atoms with Gasteiger partial charge in [-0.1, -0.05) is 23.2 Å². The third-order valence-corrected chi connectivity index (χ3v) is 7.05. The molecular weight excluding hydrogens is 455 g/mol. The van der Waals surface area contributed by atoms with Gasteiger partial charge in [-0.05, 0) is 18.2 Å². The summed E-state index contributed by atoms with van der Waals surface area (Å²) in [6.45, 7) is 1.12. The number of carbonyl (C=O) groups is 1. The van der Waals surface area contributed by atoms with Crippen LogP contribution in [0, 0.1) is 0 Å². The molecule has 1 N–H and O–H groups in total. The van der Waals surface area contributed by atoms with Gasteiger partial charge < -0.3 is 19.5 Å². The summed E-state index contributed by atoms with van der Waals surface area (Å²) in [5, 5.41) is 2.95. The van der Waals surface area contributed by atoms with Gasteiger partial charge in [-0.3, -0.25) is 4.79 Å². The highest BCUT2D eigenvalue weighted by Crippen LogP contribution is 2.36. The van der Waals surface area contributed by atoms with Crippen LogP contribution in [0.15, 0.2) is 35.2 Å². The van der Waals surface area contributed by atoms with Crippen molar-refractivity contribution in [2.75, 3.05) is 45.8 Å². The maximum absolute atomic E-state index is 12.9. The minimum absolute atomic E-state index is 0.00291. The van der Waals surface area contributed by atoms with Crippen LogP contribution in [0.2, 0.25) is 10.0 Å². The van der Waals surface area contributed by atoms with Crippen molar-refractivity contribution >= 4 is 44.8 Å². The molecule has 0 spiro atoms. The number of hydrogen-bond acceptors (Lipinski definition) is 6. The third kappa shape index (κ3) is 4.65. The molecule has 0 unspecified atom stereocenters. The van der Waals surface area contributed by atoms with Gasteiger partial charge in [0.05, 0.1) is 53.6 Å². The SMILES string of the molecule is COc1cc(Cl)c(NC(=O)c2cc(S(=O)(=O)N3CCOCC3)ccc2Cl)cc1OC. The van der Waals surface area contributed by atoms with Crippen LogP contribution in [0.3, 0.4) is 0 Å². The van der Waals surface area contributed by atoms with Crippen LogP contribution in [-0.2, 0) is 14.8 Å². The number of hydrogen-bond donors (Lipinski definition) is 1. The normalized spacial score (nSPS) is 14.9. The van der Waals surface area contributed by atoms with Crippen molar-refractivity contribution in [2.45, 2.75) is 4.90 Å². The molecule has 3 rings (SSSR count). The van der Waals surface area contributed by atoms with E-state index in [0.717, 1.165) is 0 Å². The minimum atomic E-state index is -3.78. The molecule has 8 nitrogen and oxygen atoms in total. The van der Waals surface area contributed by atoms with Crippen molar-refractivity contribution in [1.82, 2.24) is 4.31 Å². The van der Waals surface area contributed by atoms with Gasteiger partial charge in [-0.2, -0.15) is 4.31 Å². The van der Waals surface area contributed by atoms with Crippen molar-refractivity contribution in [3.63, 3.8) is 0 Å². The second-order valence-electron chi connectivity index (χ2n) is 6.30. The highest BCUT2D eigenvalue weighted by Gasteiger charge is 2.28. The Kier molecular flexibility index (Phi) is 7.10. The largest absolute Gasteiger partial charge is 0.493 e. The summed E-state index contributed by atoms with van der Waals surface area (Å²) in [7, 11) is -0.866. The Bertz CT molecular complexity index is 1060. The summed E-state index contributed by atoms with van der Waals surface area (Å²) in [6.07, 6.45) is 0. The monoisotopic (exact) mass is 474 g/mol. The predicted molar refractivity (Wildman–Crippen MR) is 114 cm³/mol. The molecule has 2 aromatic carbocycles. The zero-order chi connectivity index (χ0) is 21.9. The summed E-state index contributed by atoms with van der Waals surface area (Å²) < 4.78 is 42.7. The lowest BCUT2D eigenvalue weighted by Crippen LogP contribution is -2.40. The van der Waals surface area contributed by atoms with Gasteiger partial charge in [0.25, 0.3) is 5.91 Å². The lowest BCUT2D eigenvalue weighted by atomic mass is 10.2. The number of nitrogens with zero attached hydrogens (tertiary/aromatic N) is 1. The molecule has 0 bridgehead atoms. The van der Waals surface area contributed by atoms with Crippen LogP contribution in [-0.4, -0.2) is 59.2 Å². The highest BCUT2D eigenvalue weighted by atomic mass is 35.5. The van der Waals surface area contributed by atoms with E-state index in [9.17, 15) is 13.2 Å². The van der Waals surface area contributed by atoms with Gasteiger partial charge in [0.2, 0.25) is 10.0 Å². The molecule has 30 heavy (non-hydrogen) atoms. The molecule has 1 aliphatic rings. The Morgan fingerprint density at radius 2 is 1.67 bits per heavy atom. The van der Waals surface area contributed by atoms with E-state index in [0.29, 0.717) is 24.7 Å². The molecule has 162 valence electrons. The third-order valence-electron chi connectivity index (χ3n) is 4.51. The summed E-state index contributed by atoms with van der Waals surface area (Å²) in [5.74, 6) is 0.150. The summed E-state index contributed by atoms with van der Waals surface area (Å²) in [6, 6.07) is 6.99. The van der Waals surface area contributed by atoms with Gasteiger partial charge >= 0.3 is 0 Å². The number of ether oxygens (including phenoxy) is 3. The molecule has 0 aliphatic carbocycles. The summed E-state index contributed by atoms with van der Waals surface area (Å²) in [5.41, 5.74) is 0.258. The Labute approximate surface area is 184 Å². The first-order chi connectivity index (χ1) is 14.3. The number of halogens is 2. The molecule has 2 aromatic rings. The molecule has 0 aromatic heterocycles. The van der Waals surface area contributed by atoms with Gasteiger partial charge in [0.1, 0.15) is 0 Å². The minimum Gasteiger partial charge on any atom is -0.493 e. The van der Waals surface area contributed by atoms with E-state index < -0.39 is 15.9 Å². The number of benzene rings is 2. The van der Waals surface area contributed by atoms with Crippen LogP contribution < -0.4 is 14.8 Å². The summed E-state index contributed by atoms with van der Waals surface area (Å²) in [4.78, 5) is 12.8. The van der Waals surface area contributed by atoms with Crippen LogP contribution in [0.1, 0.15) is 10.4 Å². The van der Waals surface area contributed by atoms with Gasteiger partial charge in [0, 0.05) is 25.2 Å². The maximum Gasteiger partial charge on any atom is 0.257 e. The van der Waals surface area contributed by atoms with Gasteiger partial charge in [-0.25, -0.2) is 8.42 Å². The van der Waals surface area contributed by atoms with E-state index in [-0.39, 0.29) is 39.3 Å². The second kappa shape index (κ2) is 9.40. The van der Waals surface area contributed by atoms with E-state index in [2.05, 4.69) is 5.32 Å². The molecule has 1 saturated heterocycles. The van der Waals surface area contributed by atoms with E-state index in [1.807, 2.05) is 0 Å². The molecule has 11 heteroatoms. The maximum atomic E-state index is 12.9. The molecular formula is C19H20Cl2N2O6S. The summed E-state index contributed by atoms with van der Waals surface area (Å²) >= 11 is 12.4. The number of rotatable bonds is 6. The Morgan fingerprint density at radius 3 is 2.30 bits per heavy atom. The standard InChI is InChI=1S/C19H20Cl2N2O6S/c1-27-17-10-15(21)16(11-18(17)28-2)22-19(24)13-9-12(3-4-14(13)20)30(25,26)23-5-7-29-8-6-23/h3-4,9-11H,5-8H2,1-2H3,(H,22,24). The van der Waals surface area contributed by atoms with Crippen molar-refractivity contribution in [3.8, 4) is 11.5 Å². The second-order valence-corrected chi connectivity index (χ2v) is 9.05. The van der Waals surface area contributed by atoms with Crippen molar-refractivity contribution < 1.29 is 27.4 Å². The van der Waals surface area contributed by atoms with E-state index in [4.69, 9.17) is 37.4 Å². The zero-order valence-electron chi connectivity index (χ0n) is 16.3. The van der Waals surface area contributed by atoms with Crippen LogP contribution in [0.25, 0.3) is 0 Å². The van der Waals surface area contributed by atoms with Crippen molar-refractivity contribution in [3.05, 3.63) is 45.9 Å². The van der Waals surface area contributed by atoms with Gasteiger partial charge in [-0.15, -0.1) is 0 Å². The number of morpholine rings is 1. The first-order valence-corrected chi connectivity index (χ1v) is 11.1. The Hall–Kier alpha value is -2.04. The van der Waals surface area contributed by atoms with Crippen LogP contribution in [0.5, 0.6) is 11.5 Å². The van der Waals surface area contributed by atoms with E-state index in [1.165, 1.54) is 48.9 Å². The molecule has 1 fully saturated rings. The lowest BCUT2D eigenvalue weighted by Gasteiger charge is -2.26. The molecule has 0 saturated carbocycles.